The van der Waals surface area contributed by atoms with Crippen molar-refractivity contribution in [2.24, 2.45) is 5.41 Å². The van der Waals surface area contributed by atoms with Gasteiger partial charge in [0.1, 0.15) is 0 Å². The molecule has 4 N–H and O–H groups in total. The molecule has 6 amide bonds. The molecule has 2 saturated heterocycles. The molecule has 0 bridgehead atoms. The molecular formula is C19H16N4O4. The summed E-state index contributed by atoms with van der Waals surface area (Å²) in [6.07, 6.45) is 0. The molecule has 2 aromatic rings. The summed E-state index contributed by atoms with van der Waals surface area (Å²) in [6, 6.07) is 14.1. The van der Waals surface area contributed by atoms with Crippen molar-refractivity contribution >= 4 is 23.9 Å². The van der Waals surface area contributed by atoms with E-state index in [1.54, 1.807) is 60.7 Å². The Bertz CT molecular complexity index is 856. The molecule has 2 aliphatic heterocycles. The van der Waals surface area contributed by atoms with Gasteiger partial charge in [0.2, 0.25) is 11.8 Å². The summed E-state index contributed by atoms with van der Waals surface area (Å²) in [5, 5.41) is 9.74. The zero-order chi connectivity index (χ0) is 19.0. The Morgan fingerprint density at radius 3 is 1.41 bits per heavy atom. The van der Waals surface area contributed by atoms with Crippen molar-refractivity contribution in [3.8, 4) is 0 Å². The van der Waals surface area contributed by atoms with Crippen LogP contribution in [0.1, 0.15) is 23.2 Å². The van der Waals surface area contributed by atoms with E-state index in [1.807, 2.05) is 0 Å². The second kappa shape index (κ2) is 6.24. The predicted molar refractivity (Wildman–Crippen MR) is 94.1 cm³/mol. The minimum atomic E-state index is -1.79. The first-order valence-corrected chi connectivity index (χ1v) is 8.37. The van der Waals surface area contributed by atoms with Crippen LogP contribution in [0, 0.1) is 5.41 Å². The Balaban J connectivity index is 1.95. The van der Waals surface area contributed by atoms with Crippen molar-refractivity contribution in [1.82, 2.24) is 21.3 Å². The molecule has 0 radical (unpaired) electrons. The number of carbonyl (C=O) groups excluding carboxylic acids is 4. The quantitative estimate of drug-likeness (QED) is 0.598. The molecule has 8 heteroatoms. The van der Waals surface area contributed by atoms with Gasteiger partial charge in [-0.1, -0.05) is 60.7 Å². The van der Waals surface area contributed by atoms with Crippen LogP contribution in [0.3, 0.4) is 0 Å². The fourth-order valence-electron chi connectivity index (χ4n) is 3.75. The molecule has 4 rings (SSSR count). The average Bonchev–Trinajstić information content (AvgIpc) is 2.67. The van der Waals surface area contributed by atoms with Crippen LogP contribution in [0.4, 0.5) is 9.59 Å². The van der Waals surface area contributed by atoms with E-state index in [4.69, 9.17) is 0 Å². The maximum Gasteiger partial charge on any atom is 0.328 e. The number of imide groups is 2. The van der Waals surface area contributed by atoms with Gasteiger partial charge in [0.15, 0.2) is 5.41 Å². The maximum atomic E-state index is 13.1. The SMILES string of the molecule is O=C1NC(=O)C2(C(=O)N1)[C@@H](c1ccccc1)NC(=O)N[C@H]2c1ccccc1. The Morgan fingerprint density at radius 2 is 1.00 bits per heavy atom. The second-order valence-electron chi connectivity index (χ2n) is 6.41. The molecule has 2 fully saturated rings. The van der Waals surface area contributed by atoms with Gasteiger partial charge in [-0.15, -0.1) is 0 Å². The molecule has 0 saturated carbocycles. The number of urea groups is 2. The molecule has 1 spiro atoms. The maximum absolute atomic E-state index is 13.1. The van der Waals surface area contributed by atoms with E-state index in [1.165, 1.54) is 0 Å². The molecule has 27 heavy (non-hydrogen) atoms. The van der Waals surface area contributed by atoms with Crippen LogP contribution >= 0.6 is 0 Å². The van der Waals surface area contributed by atoms with Gasteiger partial charge in [0.25, 0.3) is 0 Å². The van der Waals surface area contributed by atoms with Crippen molar-refractivity contribution in [2.75, 3.05) is 0 Å². The van der Waals surface area contributed by atoms with Gasteiger partial charge in [-0.05, 0) is 11.1 Å². The number of amides is 6. The van der Waals surface area contributed by atoms with E-state index in [0.29, 0.717) is 11.1 Å². The van der Waals surface area contributed by atoms with Gasteiger partial charge in [0, 0.05) is 0 Å². The number of hydrogen-bond donors (Lipinski definition) is 4. The Hall–Kier alpha value is -3.68. The lowest BCUT2D eigenvalue weighted by Crippen LogP contribution is -2.73. The van der Waals surface area contributed by atoms with Gasteiger partial charge < -0.3 is 10.6 Å². The van der Waals surface area contributed by atoms with Crippen molar-refractivity contribution in [1.29, 1.82) is 0 Å². The molecule has 2 heterocycles. The van der Waals surface area contributed by atoms with Crippen LogP contribution in [-0.4, -0.2) is 23.9 Å². The molecule has 0 unspecified atom stereocenters. The third kappa shape index (κ3) is 2.53. The highest BCUT2D eigenvalue weighted by Crippen LogP contribution is 2.48. The van der Waals surface area contributed by atoms with E-state index in [-0.39, 0.29) is 0 Å². The van der Waals surface area contributed by atoms with Crippen LogP contribution in [0.2, 0.25) is 0 Å². The van der Waals surface area contributed by atoms with Gasteiger partial charge in [-0.2, -0.15) is 0 Å². The van der Waals surface area contributed by atoms with Crippen LogP contribution in [-0.2, 0) is 9.59 Å². The highest BCUT2D eigenvalue weighted by atomic mass is 16.2. The summed E-state index contributed by atoms with van der Waals surface area (Å²) >= 11 is 0. The molecule has 136 valence electrons. The van der Waals surface area contributed by atoms with E-state index < -0.39 is 41.4 Å². The molecular weight excluding hydrogens is 348 g/mol. The molecule has 2 aromatic carbocycles. The molecule has 0 aliphatic carbocycles. The number of barbiturate groups is 1. The van der Waals surface area contributed by atoms with Crippen LogP contribution in [0.25, 0.3) is 0 Å². The predicted octanol–water partition coefficient (Wildman–Crippen LogP) is 1.13. The first kappa shape index (κ1) is 16.8. The van der Waals surface area contributed by atoms with Gasteiger partial charge in [-0.25, -0.2) is 9.59 Å². The second-order valence-corrected chi connectivity index (χ2v) is 6.41. The minimum absolute atomic E-state index is 0.513. The Labute approximate surface area is 154 Å². The van der Waals surface area contributed by atoms with Crippen molar-refractivity contribution in [2.45, 2.75) is 12.1 Å². The first-order chi connectivity index (χ1) is 13.0. The van der Waals surface area contributed by atoms with E-state index in [2.05, 4.69) is 21.3 Å². The first-order valence-electron chi connectivity index (χ1n) is 8.37. The van der Waals surface area contributed by atoms with Crippen molar-refractivity contribution in [3.63, 3.8) is 0 Å². The van der Waals surface area contributed by atoms with Crippen LogP contribution < -0.4 is 21.3 Å². The lowest BCUT2D eigenvalue weighted by Gasteiger charge is -2.48. The highest BCUT2D eigenvalue weighted by Gasteiger charge is 2.64. The lowest BCUT2D eigenvalue weighted by atomic mass is 9.65. The van der Waals surface area contributed by atoms with E-state index in [9.17, 15) is 19.2 Å². The third-order valence-electron chi connectivity index (χ3n) is 4.93. The molecule has 2 atom stereocenters. The fraction of sp³-hybridized carbons (Fsp3) is 0.158. The highest BCUT2D eigenvalue weighted by molar-refractivity contribution is 6.21. The summed E-state index contributed by atoms with van der Waals surface area (Å²) < 4.78 is 0. The van der Waals surface area contributed by atoms with Crippen molar-refractivity contribution in [3.05, 3.63) is 71.8 Å². The number of benzene rings is 2. The zero-order valence-electron chi connectivity index (χ0n) is 14.1. The summed E-state index contributed by atoms with van der Waals surface area (Å²) in [6.45, 7) is 0. The van der Waals surface area contributed by atoms with Crippen LogP contribution in [0.15, 0.2) is 60.7 Å². The number of carbonyl (C=O) groups is 4. The third-order valence-corrected chi connectivity index (χ3v) is 4.93. The standard InChI is InChI=1S/C19H16N4O4/c24-15-19(16(25)23-18(27)22-15)13(11-7-3-1-4-8-11)20-17(26)21-14(19)12-9-5-2-6-10-12/h1-10,13-14H,(H2,20,21,26)(H2,22,23,24,25,27)/t13-,14+. The molecule has 8 nitrogen and oxygen atoms in total. The zero-order valence-corrected chi connectivity index (χ0v) is 14.1. The van der Waals surface area contributed by atoms with Gasteiger partial charge in [0.05, 0.1) is 12.1 Å². The molecule has 0 aromatic heterocycles. The topological polar surface area (TPSA) is 116 Å². The van der Waals surface area contributed by atoms with E-state index >= 15 is 0 Å². The molecule has 2 aliphatic rings. The summed E-state index contributed by atoms with van der Waals surface area (Å²) in [4.78, 5) is 50.2. The smallest absolute Gasteiger partial charge is 0.328 e. The Kier molecular flexibility index (Phi) is 3.88. The van der Waals surface area contributed by atoms with Crippen molar-refractivity contribution < 1.29 is 19.2 Å². The number of nitrogens with one attached hydrogen (secondary N) is 4. The summed E-state index contributed by atoms with van der Waals surface area (Å²) in [5.74, 6) is -1.54. The fourth-order valence-corrected chi connectivity index (χ4v) is 3.75. The number of hydrogen-bond acceptors (Lipinski definition) is 4. The average molecular weight is 364 g/mol. The number of rotatable bonds is 2. The van der Waals surface area contributed by atoms with Gasteiger partial charge in [-0.3, -0.25) is 20.2 Å². The lowest BCUT2D eigenvalue weighted by molar-refractivity contribution is -0.150. The van der Waals surface area contributed by atoms with Crippen LogP contribution in [0.5, 0.6) is 0 Å². The summed E-state index contributed by atoms with van der Waals surface area (Å²) in [7, 11) is 0. The summed E-state index contributed by atoms with van der Waals surface area (Å²) in [5.41, 5.74) is -0.634. The Morgan fingerprint density at radius 1 is 0.593 bits per heavy atom. The monoisotopic (exact) mass is 364 g/mol. The largest absolute Gasteiger partial charge is 0.330 e. The normalized spacial score (nSPS) is 23.9. The van der Waals surface area contributed by atoms with Gasteiger partial charge >= 0.3 is 12.1 Å². The minimum Gasteiger partial charge on any atom is -0.330 e. The van der Waals surface area contributed by atoms with E-state index in [0.717, 1.165) is 0 Å².